The molecule has 0 unspecified atom stereocenters. The Kier molecular flexibility index (Phi) is 27.5. The molecule has 0 aliphatic rings. The zero-order valence-corrected chi connectivity index (χ0v) is 82.9. The van der Waals surface area contributed by atoms with Crippen molar-refractivity contribution in [1.82, 2.24) is 0 Å². The smallest absolute Gasteiger partial charge is 0.373 e. The Hall–Kier alpha value is -17.0. The molecule has 0 saturated heterocycles. The van der Waals surface area contributed by atoms with E-state index in [-0.39, 0.29) is 76.2 Å². The van der Waals surface area contributed by atoms with Crippen LogP contribution < -0.4 is 28.4 Å². The van der Waals surface area contributed by atoms with Crippen LogP contribution in [0.25, 0.3) is 129 Å². The highest BCUT2D eigenvalue weighted by Gasteiger charge is 2.27. The Bertz CT molecular complexity index is 7290. The lowest BCUT2D eigenvalue weighted by molar-refractivity contribution is -0.251. The highest BCUT2D eigenvalue weighted by Crippen LogP contribution is 2.44. The fraction of sp³-hybridized carbons (Fsp3) is 0.159. The third-order valence-corrected chi connectivity index (χ3v) is 28.9. The highest BCUT2D eigenvalue weighted by molar-refractivity contribution is 6.12. The minimum atomic E-state index is -1.09. The van der Waals surface area contributed by atoms with Crippen molar-refractivity contribution in [2.75, 3.05) is 0 Å². The van der Waals surface area contributed by atoms with Gasteiger partial charge in [0.15, 0.2) is 0 Å². The van der Waals surface area contributed by atoms with Gasteiger partial charge in [-0.25, -0.2) is 14.4 Å². The first-order valence-corrected chi connectivity index (χ1v) is 50.7. The van der Waals surface area contributed by atoms with E-state index in [1.165, 1.54) is 51.6 Å². The van der Waals surface area contributed by atoms with E-state index in [9.17, 15) is 0 Å². The van der Waals surface area contributed by atoms with Gasteiger partial charge in [-0.2, -0.15) is 14.7 Å². The lowest BCUT2D eigenvalue weighted by atomic mass is 9.91. The number of rotatable bonds is 36. The number of carbonyl (C=O) groups excluding carboxylic acids is 3. The molecular weight excluding hydrogens is 1830 g/mol. The molecule has 0 bridgehead atoms. The molecular formula is C132H108O15. The van der Waals surface area contributed by atoms with Crippen LogP contribution >= 0.6 is 0 Å². The van der Waals surface area contributed by atoms with Crippen molar-refractivity contribution in [3.8, 4) is 34.5 Å². The molecule has 0 heterocycles. The van der Waals surface area contributed by atoms with Gasteiger partial charge in [0.25, 0.3) is 0 Å². The van der Waals surface area contributed by atoms with Gasteiger partial charge in [-0.15, -0.1) is 0 Å². The quantitative estimate of drug-likeness (QED) is 0.0207. The molecule has 0 radical (unpaired) electrons. The molecule has 0 aromatic heterocycles. The van der Waals surface area contributed by atoms with E-state index in [2.05, 4.69) is 333 Å². The fourth-order valence-electron chi connectivity index (χ4n) is 22.2. The maximum atomic E-state index is 15.1. The van der Waals surface area contributed by atoms with Crippen LogP contribution in [0.3, 0.4) is 0 Å². The molecule has 15 heteroatoms. The Labute approximate surface area is 852 Å². The van der Waals surface area contributed by atoms with Gasteiger partial charge in [0, 0.05) is 51.6 Å². The summed E-state index contributed by atoms with van der Waals surface area (Å²) in [6.07, 6.45) is 5.05. The van der Waals surface area contributed by atoms with Crippen LogP contribution in [0.4, 0.5) is 0 Å². The fourth-order valence-corrected chi connectivity index (χ4v) is 22.2. The summed E-state index contributed by atoms with van der Waals surface area (Å²) in [6.45, 7) is 13.3. The molecule has 0 amide bonds. The van der Waals surface area contributed by atoms with Gasteiger partial charge in [0.2, 0.25) is 0 Å². The molecule has 0 atom stereocenters. The molecule has 0 fully saturated rings. The number of ether oxygens (including phenoxy) is 6. The van der Waals surface area contributed by atoms with E-state index in [4.69, 9.17) is 57.7 Å². The molecule has 0 aliphatic carbocycles. The minimum absolute atomic E-state index is 0.194. The van der Waals surface area contributed by atoms with Crippen LogP contribution in [0.1, 0.15) is 156 Å². The normalized spacial score (nSPS) is 11.6. The summed E-state index contributed by atoms with van der Waals surface area (Å²) in [5.74, 6) is -0.488. The summed E-state index contributed by atoms with van der Waals surface area (Å²) < 4.78 is 41.6. The highest BCUT2D eigenvalue weighted by atomic mass is 17.2. The summed E-state index contributed by atoms with van der Waals surface area (Å²) in [5, 5.41) is 26.9. The van der Waals surface area contributed by atoms with Crippen molar-refractivity contribution in [3.63, 3.8) is 0 Å². The first-order chi connectivity index (χ1) is 72.4. The average Bonchev–Trinajstić information content (AvgIpc) is 0.774. The summed E-state index contributed by atoms with van der Waals surface area (Å²) >= 11 is 0. The summed E-state index contributed by atoms with van der Waals surface area (Å²) in [6, 6.07) is 121. The molecule has 726 valence electrons. The molecule has 0 saturated carbocycles. The van der Waals surface area contributed by atoms with E-state index in [0.717, 1.165) is 201 Å². The van der Waals surface area contributed by atoms with Crippen LogP contribution in [0.5, 0.6) is 34.5 Å². The van der Waals surface area contributed by atoms with Gasteiger partial charge in [0.05, 0.1) is 16.7 Å². The molecule has 22 aromatic rings. The van der Waals surface area contributed by atoms with E-state index < -0.39 is 17.9 Å². The maximum absolute atomic E-state index is 15.1. The van der Waals surface area contributed by atoms with Crippen LogP contribution in [-0.2, 0) is 127 Å². The number of fused-ring (bicyclic) bond motifs is 12. The van der Waals surface area contributed by atoms with Gasteiger partial charge in [-0.05, 0) is 272 Å². The molecule has 0 aliphatic heterocycles. The van der Waals surface area contributed by atoms with E-state index >= 15 is 14.4 Å². The van der Waals surface area contributed by atoms with Crippen LogP contribution in [0.15, 0.2) is 364 Å². The Morgan fingerprint density at radius 1 is 0.156 bits per heavy atom. The van der Waals surface area contributed by atoms with Gasteiger partial charge < -0.3 is 28.4 Å². The SMILES string of the molecule is CCc1c2ccccc2c(COc2cc(COOC(=O)c3cc(C(=O)OOCc4cc(OCc5c6ccccc6c(CC)c6ccccc56)cc(OCc5c6ccccc6c(CC)c6ccccc56)c4)cc(C(=O)OOCc4cc(OCc5c6ccccc6c(CC)c6ccccc56)cc(OCc5c6ccccc6c(CC)c6ccccc56)c4)c3)cc(OCc3c4ccccc4c(CC)c4ccccc34)c2)c2ccccc12. The molecule has 147 heavy (non-hydrogen) atoms. The average molecular weight is 1930 g/mol. The third kappa shape index (κ3) is 19.0. The predicted octanol–water partition coefficient (Wildman–Crippen LogP) is 32.2. The molecule has 0 spiro atoms. The molecule has 15 nitrogen and oxygen atoms in total. The number of hydrogen-bond donors (Lipinski definition) is 0. The number of benzene rings is 22. The number of aryl methyl sites for hydroxylation is 6. The Balaban J connectivity index is 0.580. The van der Waals surface area contributed by atoms with E-state index in [1.54, 1.807) is 0 Å². The number of hydrogen-bond acceptors (Lipinski definition) is 15. The second-order valence-corrected chi connectivity index (χ2v) is 37.3. The van der Waals surface area contributed by atoms with E-state index in [1.807, 2.05) is 54.6 Å². The summed E-state index contributed by atoms with van der Waals surface area (Å²) in [4.78, 5) is 80.5. The molecule has 22 rings (SSSR count). The first-order valence-electron chi connectivity index (χ1n) is 50.7. The van der Waals surface area contributed by atoms with Gasteiger partial charge in [0.1, 0.15) is 94.0 Å². The second kappa shape index (κ2) is 42.5. The summed E-state index contributed by atoms with van der Waals surface area (Å²) in [7, 11) is 0. The Morgan fingerprint density at radius 3 is 0.401 bits per heavy atom. The van der Waals surface area contributed by atoms with Crippen molar-refractivity contribution in [2.45, 2.75) is 140 Å². The maximum Gasteiger partial charge on any atom is 0.373 e. The van der Waals surface area contributed by atoms with Crippen LogP contribution in [0, 0.1) is 0 Å². The second-order valence-electron chi connectivity index (χ2n) is 37.3. The van der Waals surface area contributed by atoms with Crippen molar-refractivity contribution < 1.29 is 72.1 Å². The van der Waals surface area contributed by atoms with Gasteiger partial charge in [-0.1, -0.05) is 333 Å². The third-order valence-electron chi connectivity index (χ3n) is 28.9. The zero-order chi connectivity index (χ0) is 100.0. The lowest BCUT2D eigenvalue weighted by Crippen LogP contribution is -2.14. The Morgan fingerprint density at radius 2 is 0.279 bits per heavy atom. The van der Waals surface area contributed by atoms with Crippen molar-refractivity contribution in [3.05, 3.63) is 464 Å². The van der Waals surface area contributed by atoms with Crippen molar-refractivity contribution >= 4 is 147 Å². The zero-order valence-electron chi connectivity index (χ0n) is 82.9. The minimum Gasteiger partial charge on any atom is -0.489 e. The lowest BCUT2D eigenvalue weighted by Gasteiger charge is -2.18. The summed E-state index contributed by atoms with van der Waals surface area (Å²) in [5.41, 5.74) is 14.3. The molecule has 0 N–H and O–H groups in total. The van der Waals surface area contributed by atoms with Crippen LogP contribution in [-0.4, -0.2) is 17.9 Å². The van der Waals surface area contributed by atoms with Crippen molar-refractivity contribution in [1.29, 1.82) is 0 Å². The standard InChI is InChI=1S/C132H108O15/c1-7-94-100-37-13-25-49-112(100)124(113-50-26-14-38-101(94)113)76-136-88-61-82(62-89(70-88)137-77-125-114-51-27-15-39-102(114)95(8-2)103-40-16-28-52-115(103)125)73-142-145-130(133)85-67-86(131(134)146-143-74-83-63-90(138-78-126-116-53-29-17-41-104(116)96(9-3)105-42-18-30-54-117(105)126)71-91(64-83)139-79-127-118-55-31-19-43-106(118)97(10-4)107-44-20-32-56-119(107)127)69-87(68-85)132(135)147-144-75-84-65-92(140-80-128-120-57-33-21-45-108(120)98(11-5)109-46-22-34-58-121(109)128)72-93(66-84)141-81-129-122-59-35-23-47-110(122)99(12-6)111-48-24-36-60-123(111)129/h13-72H,7-12,73-81H2,1-6H3. The number of carbonyl (C=O) groups is 3. The van der Waals surface area contributed by atoms with Crippen LogP contribution in [0.2, 0.25) is 0 Å². The first kappa shape index (κ1) is 94.9. The van der Waals surface area contributed by atoms with Gasteiger partial charge in [-0.3, -0.25) is 14.7 Å². The van der Waals surface area contributed by atoms with E-state index in [0.29, 0.717) is 51.2 Å². The van der Waals surface area contributed by atoms with Gasteiger partial charge >= 0.3 is 17.9 Å². The predicted molar refractivity (Wildman–Crippen MR) is 587 cm³/mol. The van der Waals surface area contributed by atoms with Crippen molar-refractivity contribution in [2.24, 2.45) is 0 Å². The topological polar surface area (TPSA) is 162 Å². The monoisotopic (exact) mass is 1930 g/mol. The largest absolute Gasteiger partial charge is 0.489 e. The molecule has 22 aromatic carbocycles.